The number of Topliss-reactive ketones (excluding diaryl/α,β-unsaturated/α-hetero) is 1. The molecule has 10 nitrogen and oxygen atoms in total. The highest BCUT2D eigenvalue weighted by atomic mass is 16.6. The molecule has 2 aliphatic heterocycles. The number of benzene rings is 2. The van der Waals surface area contributed by atoms with Crippen LogP contribution >= 0.6 is 0 Å². The summed E-state index contributed by atoms with van der Waals surface area (Å²) in [7, 11) is 1.58. The summed E-state index contributed by atoms with van der Waals surface area (Å²) in [6.45, 7) is 11.4. The third-order valence-corrected chi connectivity index (χ3v) is 7.58. The number of carbonyl (C=O) groups excluding carboxylic acids is 3. The molecule has 0 unspecified atom stereocenters. The first-order valence-electron chi connectivity index (χ1n) is 14.4. The maximum atomic E-state index is 13.8. The molecular formula is C32H42N4O6. The van der Waals surface area contributed by atoms with E-state index >= 15 is 0 Å². The van der Waals surface area contributed by atoms with Crippen LogP contribution in [0.5, 0.6) is 5.75 Å². The van der Waals surface area contributed by atoms with Crippen molar-refractivity contribution in [1.82, 2.24) is 20.9 Å². The summed E-state index contributed by atoms with van der Waals surface area (Å²) in [5, 5.41) is 8.99. The summed E-state index contributed by atoms with van der Waals surface area (Å²) in [6, 6.07) is 14.4. The predicted octanol–water partition coefficient (Wildman–Crippen LogP) is 1.63. The fourth-order valence-electron chi connectivity index (χ4n) is 4.90. The summed E-state index contributed by atoms with van der Waals surface area (Å²) >= 11 is 0. The topological polar surface area (TPSA) is 122 Å². The van der Waals surface area contributed by atoms with Crippen molar-refractivity contribution in [2.24, 2.45) is 0 Å². The molecule has 0 saturated carbocycles. The molecule has 10 heteroatoms. The fourth-order valence-corrected chi connectivity index (χ4v) is 4.90. The lowest BCUT2D eigenvalue weighted by Gasteiger charge is -2.29. The van der Waals surface area contributed by atoms with Gasteiger partial charge in [0, 0.05) is 31.8 Å². The first kappa shape index (κ1) is 31.2. The maximum Gasteiger partial charge on any atom is 0.243 e. The standard InChI is InChI=1S/C32H42N4O6/c1-22(20-36-14-16-41-17-15-36)33-23(2)30(38)35-28(19-25-10-12-26(40-4)13-11-25)31(39)34-27(29(37)32(3)21-42-32)18-24-8-6-5-7-9-24/h5-13,23,27-28,33H,1,14-21H2,2-4H3,(H,34,39)(H,35,38)/t23-,27-,28-,32+/m0/s1. The summed E-state index contributed by atoms with van der Waals surface area (Å²) in [4.78, 5) is 42.7. The number of ether oxygens (including phenoxy) is 3. The van der Waals surface area contributed by atoms with Crippen LogP contribution in [0.3, 0.4) is 0 Å². The number of epoxide rings is 1. The number of nitrogens with zero attached hydrogens (tertiary/aromatic N) is 1. The maximum absolute atomic E-state index is 13.8. The van der Waals surface area contributed by atoms with Gasteiger partial charge in [0.1, 0.15) is 23.4 Å². The molecule has 42 heavy (non-hydrogen) atoms. The number of amides is 2. The molecule has 3 N–H and O–H groups in total. The molecule has 0 spiro atoms. The molecule has 4 atom stereocenters. The molecule has 2 saturated heterocycles. The molecule has 2 aromatic rings. The molecule has 2 fully saturated rings. The molecule has 2 heterocycles. The highest BCUT2D eigenvalue weighted by Crippen LogP contribution is 2.29. The summed E-state index contributed by atoms with van der Waals surface area (Å²) in [5.41, 5.74) is 1.53. The van der Waals surface area contributed by atoms with Crippen molar-refractivity contribution in [3.05, 3.63) is 78.0 Å². The average Bonchev–Trinajstić information content (AvgIpc) is 3.75. The zero-order valence-electron chi connectivity index (χ0n) is 24.7. The van der Waals surface area contributed by atoms with Gasteiger partial charge >= 0.3 is 0 Å². The molecule has 4 rings (SSSR count). The molecule has 0 aromatic heterocycles. The summed E-state index contributed by atoms with van der Waals surface area (Å²) in [6.07, 6.45) is 0.538. The number of methoxy groups -OCH3 is 1. The molecule has 2 aliphatic rings. The first-order valence-corrected chi connectivity index (χ1v) is 14.4. The van der Waals surface area contributed by atoms with Gasteiger partial charge in [-0.05, 0) is 43.5 Å². The molecular weight excluding hydrogens is 536 g/mol. The third kappa shape index (κ3) is 8.88. The van der Waals surface area contributed by atoms with Gasteiger partial charge in [-0.15, -0.1) is 0 Å². The van der Waals surface area contributed by atoms with Gasteiger partial charge in [-0.2, -0.15) is 0 Å². The van der Waals surface area contributed by atoms with Gasteiger partial charge in [0.05, 0.1) is 33.0 Å². The Morgan fingerprint density at radius 1 is 0.929 bits per heavy atom. The van der Waals surface area contributed by atoms with Gasteiger partial charge < -0.3 is 30.2 Å². The Labute approximate surface area is 247 Å². The highest BCUT2D eigenvalue weighted by molar-refractivity contribution is 5.98. The van der Waals surface area contributed by atoms with Crippen molar-refractivity contribution < 1.29 is 28.6 Å². The van der Waals surface area contributed by atoms with Crippen molar-refractivity contribution in [3.63, 3.8) is 0 Å². The van der Waals surface area contributed by atoms with E-state index in [9.17, 15) is 14.4 Å². The quantitative estimate of drug-likeness (QED) is 0.273. The zero-order valence-corrected chi connectivity index (χ0v) is 24.7. The molecule has 0 bridgehead atoms. The molecule has 2 aromatic carbocycles. The van der Waals surface area contributed by atoms with Crippen molar-refractivity contribution in [2.45, 2.75) is 50.4 Å². The van der Waals surface area contributed by atoms with Crippen molar-refractivity contribution in [3.8, 4) is 5.75 Å². The Bertz CT molecular complexity index is 1230. The lowest BCUT2D eigenvalue weighted by atomic mass is 9.94. The second kappa shape index (κ2) is 14.4. The second-order valence-corrected chi connectivity index (χ2v) is 11.1. The number of rotatable bonds is 15. The minimum absolute atomic E-state index is 0.191. The van der Waals surface area contributed by atoms with Crippen LogP contribution in [-0.2, 0) is 36.7 Å². The number of carbonyl (C=O) groups is 3. The number of morpholine rings is 1. The van der Waals surface area contributed by atoms with Gasteiger partial charge in [0.2, 0.25) is 11.8 Å². The highest BCUT2D eigenvalue weighted by Gasteiger charge is 2.50. The van der Waals surface area contributed by atoms with E-state index in [-0.39, 0.29) is 18.1 Å². The smallest absolute Gasteiger partial charge is 0.243 e. The Hall–Kier alpha value is -3.73. The monoisotopic (exact) mass is 578 g/mol. The van der Waals surface area contributed by atoms with E-state index in [2.05, 4.69) is 27.4 Å². The molecule has 0 aliphatic carbocycles. The van der Waals surface area contributed by atoms with E-state index in [4.69, 9.17) is 14.2 Å². The van der Waals surface area contributed by atoms with Crippen molar-refractivity contribution in [2.75, 3.05) is 46.6 Å². The number of ketones is 1. The molecule has 226 valence electrons. The van der Waals surface area contributed by atoms with Gasteiger partial charge in [-0.3, -0.25) is 19.3 Å². The number of hydrogen-bond donors (Lipinski definition) is 3. The fraction of sp³-hybridized carbons (Fsp3) is 0.469. The van der Waals surface area contributed by atoms with E-state index in [1.54, 1.807) is 33.1 Å². The van der Waals surface area contributed by atoms with Crippen molar-refractivity contribution >= 4 is 17.6 Å². The average molecular weight is 579 g/mol. The second-order valence-electron chi connectivity index (χ2n) is 11.1. The van der Waals surface area contributed by atoms with Crippen LogP contribution in [0.25, 0.3) is 0 Å². The summed E-state index contributed by atoms with van der Waals surface area (Å²) < 4.78 is 16.1. The summed E-state index contributed by atoms with van der Waals surface area (Å²) in [5.74, 6) is -0.303. The van der Waals surface area contributed by atoms with Crippen LogP contribution in [0.4, 0.5) is 0 Å². The molecule has 2 amide bonds. The van der Waals surface area contributed by atoms with E-state index < -0.39 is 29.6 Å². The van der Waals surface area contributed by atoms with Crippen molar-refractivity contribution in [1.29, 1.82) is 0 Å². The van der Waals surface area contributed by atoms with Crippen LogP contribution in [0.15, 0.2) is 66.9 Å². The third-order valence-electron chi connectivity index (χ3n) is 7.58. The Balaban J connectivity index is 1.46. The lowest BCUT2D eigenvalue weighted by molar-refractivity contribution is -0.133. The Morgan fingerprint density at radius 2 is 1.52 bits per heavy atom. The SMILES string of the molecule is C=C(CN1CCOCC1)N[C@@H](C)C(=O)N[C@@H](Cc1ccc(OC)cc1)C(=O)N[C@@H](Cc1ccccc1)C(=O)[C@@]1(C)CO1. The predicted molar refractivity (Wildman–Crippen MR) is 159 cm³/mol. The Morgan fingerprint density at radius 3 is 2.14 bits per heavy atom. The largest absolute Gasteiger partial charge is 0.497 e. The minimum atomic E-state index is -0.929. The van der Waals surface area contributed by atoms with Crippen LogP contribution in [0, 0.1) is 0 Å². The van der Waals surface area contributed by atoms with E-state index in [0.29, 0.717) is 44.2 Å². The number of hydrogen-bond acceptors (Lipinski definition) is 8. The minimum Gasteiger partial charge on any atom is -0.497 e. The van der Waals surface area contributed by atoms with Gasteiger partial charge in [-0.1, -0.05) is 49.0 Å². The van der Waals surface area contributed by atoms with E-state index in [0.717, 1.165) is 24.2 Å². The van der Waals surface area contributed by atoms with Crippen LogP contribution in [0.2, 0.25) is 0 Å². The van der Waals surface area contributed by atoms with Gasteiger partial charge in [0.25, 0.3) is 0 Å². The van der Waals surface area contributed by atoms with Crippen LogP contribution < -0.4 is 20.7 Å². The van der Waals surface area contributed by atoms with E-state index in [1.807, 2.05) is 42.5 Å². The lowest BCUT2D eigenvalue weighted by Crippen LogP contribution is -2.57. The zero-order chi connectivity index (χ0) is 30.1. The van der Waals surface area contributed by atoms with Gasteiger partial charge in [0.15, 0.2) is 5.78 Å². The number of nitrogens with one attached hydrogen (secondary N) is 3. The van der Waals surface area contributed by atoms with E-state index in [1.165, 1.54) is 0 Å². The van der Waals surface area contributed by atoms with Crippen LogP contribution in [-0.4, -0.2) is 92.8 Å². The first-order chi connectivity index (χ1) is 20.2. The Kier molecular flexibility index (Phi) is 10.7. The normalized spacial score (nSPS) is 20.5. The van der Waals surface area contributed by atoms with Crippen LogP contribution in [0.1, 0.15) is 25.0 Å². The molecule has 0 radical (unpaired) electrons. The van der Waals surface area contributed by atoms with Gasteiger partial charge in [-0.25, -0.2) is 0 Å².